The molecule has 1 amide bonds. The van der Waals surface area contributed by atoms with E-state index in [1.807, 2.05) is 32.9 Å². The lowest BCUT2D eigenvalue weighted by atomic mass is 9.95. The number of rotatable bonds is 3. The molecular formula is C23H30N4O3. The van der Waals surface area contributed by atoms with Crippen LogP contribution in [0.1, 0.15) is 48.8 Å². The Morgan fingerprint density at radius 2 is 1.63 bits per heavy atom. The molecule has 4 rings (SSSR count). The molecule has 0 saturated carbocycles. The second-order valence-electron chi connectivity index (χ2n) is 9.01. The fourth-order valence-electron chi connectivity index (χ4n) is 4.05. The minimum absolute atomic E-state index is 0.260. The molecule has 0 atom stereocenters. The Morgan fingerprint density at radius 1 is 1.00 bits per heavy atom. The summed E-state index contributed by atoms with van der Waals surface area (Å²) in [7, 11) is 1.68. The van der Waals surface area contributed by atoms with Crippen LogP contribution in [0.4, 0.5) is 4.79 Å². The van der Waals surface area contributed by atoms with Crippen LogP contribution >= 0.6 is 0 Å². The summed E-state index contributed by atoms with van der Waals surface area (Å²) in [6, 6.07) is 8.22. The van der Waals surface area contributed by atoms with Gasteiger partial charge in [0.2, 0.25) is 0 Å². The molecule has 0 N–H and O–H groups in total. The van der Waals surface area contributed by atoms with E-state index in [-0.39, 0.29) is 6.09 Å². The maximum Gasteiger partial charge on any atom is 0.410 e. The van der Waals surface area contributed by atoms with Gasteiger partial charge in [0.25, 0.3) is 0 Å². The largest absolute Gasteiger partial charge is 0.497 e. The first-order chi connectivity index (χ1) is 14.3. The molecule has 30 heavy (non-hydrogen) atoms. The number of nitrogens with zero attached hydrogens (tertiary/aromatic N) is 4. The SMILES string of the molecule is COc1ccc(CN2CCc3nnc4c(c3C2)CN(C(=O)OC(C)(C)C)CC4)cc1. The van der Waals surface area contributed by atoms with Crippen LogP contribution in [-0.2, 0) is 37.2 Å². The summed E-state index contributed by atoms with van der Waals surface area (Å²) in [5, 5.41) is 8.97. The summed E-state index contributed by atoms with van der Waals surface area (Å²) in [6.07, 6.45) is 1.33. The van der Waals surface area contributed by atoms with Crippen molar-refractivity contribution in [3.8, 4) is 5.75 Å². The zero-order chi connectivity index (χ0) is 21.3. The molecule has 7 heteroatoms. The zero-order valence-electron chi connectivity index (χ0n) is 18.3. The Labute approximate surface area is 178 Å². The second-order valence-corrected chi connectivity index (χ2v) is 9.01. The normalized spacial score (nSPS) is 16.6. The van der Waals surface area contributed by atoms with Crippen LogP contribution in [0.5, 0.6) is 5.75 Å². The fourth-order valence-corrected chi connectivity index (χ4v) is 4.05. The first-order valence-electron chi connectivity index (χ1n) is 10.5. The highest BCUT2D eigenvalue weighted by atomic mass is 16.6. The summed E-state index contributed by atoms with van der Waals surface area (Å²) in [5.74, 6) is 0.870. The van der Waals surface area contributed by atoms with Crippen molar-refractivity contribution in [2.45, 2.75) is 58.8 Å². The number of carbonyl (C=O) groups excluding carboxylic acids is 1. The Bertz CT molecular complexity index is 921. The third-order valence-corrected chi connectivity index (χ3v) is 5.58. The predicted molar refractivity (Wildman–Crippen MR) is 113 cm³/mol. The molecule has 0 spiro atoms. The van der Waals surface area contributed by atoms with Crippen LogP contribution in [0.2, 0.25) is 0 Å². The van der Waals surface area contributed by atoms with Crippen molar-refractivity contribution < 1.29 is 14.3 Å². The highest BCUT2D eigenvalue weighted by Gasteiger charge is 2.30. The predicted octanol–water partition coefficient (Wildman–Crippen LogP) is 3.34. The lowest BCUT2D eigenvalue weighted by Crippen LogP contribution is -2.41. The van der Waals surface area contributed by atoms with E-state index in [4.69, 9.17) is 9.47 Å². The molecule has 2 aliphatic heterocycles. The van der Waals surface area contributed by atoms with E-state index in [1.54, 1.807) is 12.0 Å². The number of fused-ring (bicyclic) bond motifs is 3. The van der Waals surface area contributed by atoms with Crippen molar-refractivity contribution >= 4 is 6.09 Å². The van der Waals surface area contributed by atoms with Gasteiger partial charge in [0, 0.05) is 44.6 Å². The first-order valence-corrected chi connectivity index (χ1v) is 10.5. The molecule has 0 aliphatic carbocycles. The van der Waals surface area contributed by atoms with E-state index >= 15 is 0 Å². The zero-order valence-corrected chi connectivity index (χ0v) is 18.3. The van der Waals surface area contributed by atoms with Crippen molar-refractivity contribution in [1.82, 2.24) is 20.0 Å². The molecule has 0 saturated heterocycles. The van der Waals surface area contributed by atoms with Crippen molar-refractivity contribution in [2.75, 3.05) is 20.2 Å². The lowest BCUT2D eigenvalue weighted by Gasteiger charge is -2.34. The summed E-state index contributed by atoms with van der Waals surface area (Å²) in [4.78, 5) is 16.8. The summed E-state index contributed by atoms with van der Waals surface area (Å²) in [5.41, 5.74) is 5.21. The molecule has 1 aromatic carbocycles. The monoisotopic (exact) mass is 410 g/mol. The number of aromatic nitrogens is 2. The van der Waals surface area contributed by atoms with Crippen LogP contribution < -0.4 is 4.74 Å². The number of benzene rings is 1. The molecule has 0 unspecified atom stereocenters. The lowest BCUT2D eigenvalue weighted by molar-refractivity contribution is 0.0220. The topological polar surface area (TPSA) is 67.8 Å². The van der Waals surface area contributed by atoms with Crippen LogP contribution in [-0.4, -0.2) is 51.9 Å². The molecule has 2 aromatic rings. The second kappa shape index (κ2) is 8.22. The number of ether oxygens (including phenoxy) is 2. The molecule has 0 fully saturated rings. The average molecular weight is 411 g/mol. The highest BCUT2D eigenvalue weighted by Crippen LogP contribution is 2.28. The minimum atomic E-state index is -0.498. The maximum absolute atomic E-state index is 12.6. The van der Waals surface area contributed by atoms with E-state index in [0.717, 1.165) is 48.8 Å². The van der Waals surface area contributed by atoms with Gasteiger partial charge in [0.15, 0.2) is 0 Å². The van der Waals surface area contributed by atoms with Gasteiger partial charge in [-0.05, 0) is 44.0 Å². The molecule has 2 aliphatic rings. The first kappa shape index (κ1) is 20.6. The third-order valence-electron chi connectivity index (χ3n) is 5.58. The van der Waals surface area contributed by atoms with Gasteiger partial charge < -0.3 is 14.4 Å². The Morgan fingerprint density at radius 3 is 2.27 bits per heavy atom. The van der Waals surface area contributed by atoms with Crippen LogP contribution in [0.15, 0.2) is 24.3 Å². The number of hydrogen-bond donors (Lipinski definition) is 0. The average Bonchev–Trinajstić information content (AvgIpc) is 2.72. The Hall–Kier alpha value is -2.67. The molecule has 160 valence electrons. The van der Waals surface area contributed by atoms with E-state index < -0.39 is 5.60 Å². The van der Waals surface area contributed by atoms with Gasteiger partial charge in [-0.1, -0.05) is 12.1 Å². The minimum Gasteiger partial charge on any atom is -0.497 e. The smallest absolute Gasteiger partial charge is 0.410 e. The van der Waals surface area contributed by atoms with Gasteiger partial charge in [-0.3, -0.25) is 4.90 Å². The maximum atomic E-state index is 12.6. The summed E-state index contributed by atoms with van der Waals surface area (Å²) in [6.45, 7) is 9.48. The third kappa shape index (κ3) is 4.56. The van der Waals surface area contributed by atoms with E-state index in [9.17, 15) is 4.79 Å². The molecule has 3 heterocycles. The van der Waals surface area contributed by atoms with Gasteiger partial charge in [-0.2, -0.15) is 10.2 Å². The summed E-state index contributed by atoms with van der Waals surface area (Å²) < 4.78 is 10.8. The standard InChI is InChI=1S/C23H30N4O3/c1-23(2,3)30-22(28)27-12-10-21-19(15-27)18-14-26(11-9-20(18)24-25-21)13-16-5-7-17(29-4)8-6-16/h5-8H,9-15H2,1-4H3. The molecule has 0 bridgehead atoms. The number of carbonyl (C=O) groups is 1. The quantitative estimate of drug-likeness (QED) is 0.773. The van der Waals surface area contributed by atoms with Crippen molar-refractivity contribution in [3.05, 3.63) is 52.3 Å². The van der Waals surface area contributed by atoms with Crippen molar-refractivity contribution in [1.29, 1.82) is 0 Å². The molecule has 1 aromatic heterocycles. The number of hydrogen-bond acceptors (Lipinski definition) is 6. The fraction of sp³-hybridized carbons (Fsp3) is 0.522. The summed E-state index contributed by atoms with van der Waals surface area (Å²) >= 11 is 0. The molecule has 0 radical (unpaired) electrons. The Balaban J connectivity index is 1.51. The van der Waals surface area contributed by atoms with Gasteiger partial charge in [-0.15, -0.1) is 0 Å². The molecular weight excluding hydrogens is 380 g/mol. The van der Waals surface area contributed by atoms with Gasteiger partial charge in [0.05, 0.1) is 25.0 Å². The van der Waals surface area contributed by atoms with Gasteiger partial charge in [-0.25, -0.2) is 4.79 Å². The number of methoxy groups -OCH3 is 1. The van der Waals surface area contributed by atoms with Gasteiger partial charge in [0.1, 0.15) is 11.4 Å². The highest BCUT2D eigenvalue weighted by molar-refractivity contribution is 5.68. The van der Waals surface area contributed by atoms with Crippen molar-refractivity contribution in [2.24, 2.45) is 0 Å². The Kier molecular flexibility index (Phi) is 5.64. The van der Waals surface area contributed by atoms with E-state index in [2.05, 4.69) is 27.2 Å². The van der Waals surface area contributed by atoms with E-state index in [1.165, 1.54) is 11.1 Å². The van der Waals surface area contributed by atoms with E-state index in [0.29, 0.717) is 19.5 Å². The van der Waals surface area contributed by atoms with Crippen molar-refractivity contribution in [3.63, 3.8) is 0 Å². The van der Waals surface area contributed by atoms with Crippen LogP contribution in [0.3, 0.4) is 0 Å². The van der Waals surface area contributed by atoms with Crippen LogP contribution in [0, 0.1) is 0 Å². The number of amides is 1. The molecule has 7 nitrogen and oxygen atoms in total. The van der Waals surface area contributed by atoms with Gasteiger partial charge >= 0.3 is 6.09 Å². The van der Waals surface area contributed by atoms with Crippen LogP contribution in [0.25, 0.3) is 0 Å².